The molecule has 3 amide bonds. The van der Waals surface area contributed by atoms with Crippen LogP contribution in [0.1, 0.15) is 31.2 Å². The molecule has 1 aliphatic carbocycles. The third-order valence-corrected chi connectivity index (χ3v) is 5.70. The number of fused-ring (bicyclic) bond motifs is 1. The number of urea groups is 1. The summed E-state index contributed by atoms with van der Waals surface area (Å²) in [7, 11) is 3.48. The lowest BCUT2D eigenvalue weighted by Crippen LogP contribution is -2.28. The van der Waals surface area contributed by atoms with Crippen molar-refractivity contribution in [3.63, 3.8) is 0 Å². The molecule has 0 saturated heterocycles. The van der Waals surface area contributed by atoms with Crippen LogP contribution in [0.2, 0.25) is 0 Å². The van der Waals surface area contributed by atoms with Gasteiger partial charge in [-0.2, -0.15) is 0 Å². The molecule has 1 saturated carbocycles. The zero-order valence-electron chi connectivity index (χ0n) is 18.5. The van der Waals surface area contributed by atoms with Crippen molar-refractivity contribution >= 4 is 28.5 Å². The second kappa shape index (κ2) is 9.72. The zero-order chi connectivity index (χ0) is 22.5. The number of hydrogen-bond acceptors (Lipinski definition) is 4. The van der Waals surface area contributed by atoms with E-state index in [1.807, 2.05) is 47.2 Å². The highest BCUT2D eigenvalue weighted by Crippen LogP contribution is 2.25. The van der Waals surface area contributed by atoms with Crippen LogP contribution >= 0.6 is 0 Å². The van der Waals surface area contributed by atoms with Gasteiger partial charge >= 0.3 is 6.03 Å². The van der Waals surface area contributed by atoms with Crippen molar-refractivity contribution in [3.8, 4) is 5.88 Å². The summed E-state index contributed by atoms with van der Waals surface area (Å²) >= 11 is 0. The molecule has 0 atom stereocenters. The van der Waals surface area contributed by atoms with E-state index in [0.717, 1.165) is 29.3 Å². The molecule has 2 aromatic heterocycles. The van der Waals surface area contributed by atoms with Crippen LogP contribution in [0.5, 0.6) is 5.88 Å². The fraction of sp³-hybridized carbons (Fsp3) is 0.375. The van der Waals surface area contributed by atoms with Gasteiger partial charge in [-0.05, 0) is 56.0 Å². The molecule has 0 spiro atoms. The number of rotatable bonds is 7. The summed E-state index contributed by atoms with van der Waals surface area (Å²) in [5.74, 6) is 0.616. The van der Waals surface area contributed by atoms with E-state index in [0.29, 0.717) is 18.1 Å². The summed E-state index contributed by atoms with van der Waals surface area (Å²) in [6.07, 6.45) is 8.28. The number of pyridine rings is 1. The Morgan fingerprint density at radius 2 is 2.00 bits per heavy atom. The highest BCUT2D eigenvalue weighted by atomic mass is 16.5. The maximum absolute atomic E-state index is 12.5. The fourth-order valence-electron chi connectivity index (χ4n) is 3.88. The highest BCUT2D eigenvalue weighted by Gasteiger charge is 2.18. The lowest BCUT2D eigenvalue weighted by molar-refractivity contribution is -0.129. The number of hydrogen-bond donors (Lipinski definition) is 2. The van der Waals surface area contributed by atoms with Crippen molar-refractivity contribution in [3.05, 3.63) is 54.4 Å². The summed E-state index contributed by atoms with van der Waals surface area (Å²) in [6.45, 7) is 0.604. The molecule has 8 nitrogen and oxygen atoms in total. The van der Waals surface area contributed by atoms with Crippen molar-refractivity contribution in [2.45, 2.75) is 44.9 Å². The zero-order valence-corrected chi connectivity index (χ0v) is 18.5. The lowest BCUT2D eigenvalue weighted by atomic mass is 10.2. The van der Waals surface area contributed by atoms with Crippen molar-refractivity contribution < 1.29 is 14.3 Å². The topological polar surface area (TPSA) is 88.5 Å². The second-order valence-electron chi connectivity index (χ2n) is 8.31. The number of nitrogens with zero attached hydrogens (tertiary/aromatic N) is 3. The lowest BCUT2D eigenvalue weighted by Gasteiger charge is -2.15. The first-order chi connectivity index (χ1) is 15.5. The number of carbonyl (C=O) groups excluding carboxylic acids is 2. The molecule has 32 heavy (non-hydrogen) atoms. The summed E-state index contributed by atoms with van der Waals surface area (Å²) in [4.78, 5) is 30.4. The second-order valence-corrected chi connectivity index (χ2v) is 8.31. The average Bonchev–Trinajstić information content (AvgIpc) is 3.43. The number of likely N-dealkylation sites (N-methyl/N-ethyl adjacent to an activating group) is 1. The van der Waals surface area contributed by atoms with Crippen LogP contribution in [-0.2, 0) is 17.9 Å². The first kappa shape index (κ1) is 21.7. The predicted molar refractivity (Wildman–Crippen MR) is 124 cm³/mol. The van der Waals surface area contributed by atoms with Gasteiger partial charge in [0.05, 0.1) is 0 Å². The van der Waals surface area contributed by atoms with Gasteiger partial charge in [0.15, 0.2) is 0 Å². The van der Waals surface area contributed by atoms with Gasteiger partial charge in [-0.3, -0.25) is 4.79 Å². The predicted octanol–water partition coefficient (Wildman–Crippen LogP) is 3.77. The summed E-state index contributed by atoms with van der Waals surface area (Å²) in [5.41, 5.74) is 2.48. The number of nitrogens with one attached hydrogen (secondary N) is 2. The Morgan fingerprint density at radius 1 is 1.19 bits per heavy atom. The van der Waals surface area contributed by atoms with E-state index in [1.54, 1.807) is 25.2 Å². The minimum absolute atomic E-state index is 0.0239. The molecule has 8 heteroatoms. The molecule has 1 aliphatic rings. The van der Waals surface area contributed by atoms with Crippen molar-refractivity contribution in [2.75, 3.05) is 19.4 Å². The van der Waals surface area contributed by atoms with E-state index in [2.05, 4.69) is 15.6 Å². The van der Waals surface area contributed by atoms with Crippen LogP contribution in [0.3, 0.4) is 0 Å². The summed E-state index contributed by atoms with van der Waals surface area (Å²) in [5, 5.41) is 6.70. The van der Waals surface area contributed by atoms with Gasteiger partial charge in [0, 0.05) is 55.2 Å². The molecule has 1 aromatic carbocycles. The van der Waals surface area contributed by atoms with Gasteiger partial charge in [-0.1, -0.05) is 6.07 Å². The molecule has 0 aliphatic heterocycles. The summed E-state index contributed by atoms with van der Waals surface area (Å²) < 4.78 is 7.94. The van der Waals surface area contributed by atoms with Crippen LogP contribution in [0, 0.1) is 0 Å². The Balaban J connectivity index is 1.36. The normalized spacial score (nSPS) is 13.8. The van der Waals surface area contributed by atoms with E-state index in [4.69, 9.17) is 4.74 Å². The summed E-state index contributed by atoms with van der Waals surface area (Å²) in [6, 6.07) is 11.0. The first-order valence-corrected chi connectivity index (χ1v) is 10.9. The van der Waals surface area contributed by atoms with Crippen LogP contribution in [-0.4, -0.2) is 46.6 Å². The molecule has 0 unspecified atom stereocenters. The van der Waals surface area contributed by atoms with Crippen LogP contribution in [0.15, 0.2) is 48.8 Å². The molecule has 3 aromatic rings. The molecular formula is C24H29N5O3. The fourth-order valence-corrected chi connectivity index (χ4v) is 3.88. The molecule has 0 radical (unpaired) electrons. The molecule has 4 rings (SSSR count). The Hall–Kier alpha value is -3.55. The van der Waals surface area contributed by atoms with Gasteiger partial charge in [0.2, 0.25) is 11.8 Å². The van der Waals surface area contributed by atoms with Gasteiger partial charge in [0.1, 0.15) is 12.6 Å². The number of benzene rings is 1. The Morgan fingerprint density at radius 3 is 2.78 bits per heavy atom. The van der Waals surface area contributed by atoms with E-state index in [-0.39, 0.29) is 24.6 Å². The smallest absolute Gasteiger partial charge is 0.319 e. The largest absolute Gasteiger partial charge is 0.474 e. The number of ether oxygens (including phenoxy) is 1. The van der Waals surface area contributed by atoms with Gasteiger partial charge in [-0.25, -0.2) is 9.78 Å². The van der Waals surface area contributed by atoms with Crippen molar-refractivity contribution in [1.29, 1.82) is 0 Å². The number of carbonyl (C=O) groups is 2. The highest BCUT2D eigenvalue weighted by molar-refractivity contribution is 5.93. The van der Waals surface area contributed by atoms with Gasteiger partial charge < -0.3 is 24.8 Å². The SMILES string of the molecule is CN(C)C(=O)Cn1ccc2cc(NC(=O)NCc3cccnc3OC3CCCC3)ccc21. The van der Waals surface area contributed by atoms with E-state index in [9.17, 15) is 9.59 Å². The average molecular weight is 436 g/mol. The Bertz CT molecular complexity index is 1100. The van der Waals surface area contributed by atoms with E-state index >= 15 is 0 Å². The molecule has 0 bridgehead atoms. The molecule has 168 valence electrons. The molecule has 2 heterocycles. The van der Waals surface area contributed by atoms with E-state index < -0.39 is 0 Å². The number of amides is 3. The molecule has 1 fully saturated rings. The van der Waals surface area contributed by atoms with Crippen LogP contribution in [0.25, 0.3) is 10.9 Å². The van der Waals surface area contributed by atoms with Gasteiger partial charge in [0.25, 0.3) is 0 Å². The minimum atomic E-state index is -0.303. The quantitative estimate of drug-likeness (QED) is 0.591. The standard InChI is InChI=1S/C24H29N5O3/c1-28(2)22(30)16-29-13-11-17-14-19(9-10-21(17)29)27-24(31)26-15-18-6-5-12-25-23(18)32-20-7-3-4-8-20/h5-6,9-14,20H,3-4,7-8,15-16H2,1-2H3,(H2,26,27,31). The maximum Gasteiger partial charge on any atom is 0.319 e. The third kappa shape index (κ3) is 5.19. The van der Waals surface area contributed by atoms with Crippen molar-refractivity contribution in [2.24, 2.45) is 0 Å². The molecular weight excluding hydrogens is 406 g/mol. The Labute approximate surface area is 187 Å². The molecule has 2 N–H and O–H groups in total. The Kier molecular flexibility index (Phi) is 6.58. The first-order valence-electron chi connectivity index (χ1n) is 10.9. The van der Waals surface area contributed by atoms with Gasteiger partial charge in [-0.15, -0.1) is 0 Å². The third-order valence-electron chi connectivity index (χ3n) is 5.70. The number of anilines is 1. The van der Waals surface area contributed by atoms with E-state index in [1.165, 1.54) is 12.8 Å². The van der Waals surface area contributed by atoms with Crippen molar-refractivity contribution in [1.82, 2.24) is 19.8 Å². The maximum atomic E-state index is 12.5. The monoisotopic (exact) mass is 435 g/mol. The number of aromatic nitrogens is 2. The minimum Gasteiger partial charge on any atom is -0.474 e. The van der Waals surface area contributed by atoms with Crippen LogP contribution < -0.4 is 15.4 Å². The van der Waals surface area contributed by atoms with Crippen LogP contribution in [0.4, 0.5) is 10.5 Å².